The quantitative estimate of drug-likeness (QED) is 0.640. The Kier molecular flexibility index (Phi) is 6.46. The van der Waals surface area contributed by atoms with Crippen LogP contribution in [-0.4, -0.2) is 26.2 Å². The van der Waals surface area contributed by atoms with E-state index in [-0.39, 0.29) is 11.3 Å². The molecule has 1 aromatic rings. The van der Waals surface area contributed by atoms with E-state index in [0.29, 0.717) is 13.2 Å². The van der Waals surface area contributed by atoms with Crippen LogP contribution in [-0.2, 0) is 14.9 Å². The molecule has 110 valence electrons. The summed E-state index contributed by atoms with van der Waals surface area (Å²) in [6.07, 6.45) is 4.23. The summed E-state index contributed by atoms with van der Waals surface area (Å²) in [4.78, 5) is 11.6. The maximum Gasteiger partial charge on any atom is 0.244 e. The highest BCUT2D eigenvalue weighted by Gasteiger charge is 2.12. The summed E-state index contributed by atoms with van der Waals surface area (Å²) in [5.74, 6) is -0.0685. The molecule has 0 saturated carbocycles. The predicted octanol–water partition coefficient (Wildman–Crippen LogP) is 3.15. The van der Waals surface area contributed by atoms with E-state index in [9.17, 15) is 4.79 Å². The maximum absolute atomic E-state index is 11.6. The molecule has 0 aliphatic heterocycles. The highest BCUT2D eigenvalue weighted by atomic mass is 16.5. The standard InChI is InChI=1S/C17H25NO2/c1-17(2,3)15-9-6-14(7-10-15)8-11-16(19)18-12-5-13-20-4/h6-11H,5,12-13H2,1-4H3,(H,18,19). The Hall–Kier alpha value is -1.61. The van der Waals surface area contributed by atoms with Crippen LogP contribution in [0.4, 0.5) is 0 Å². The molecular formula is C17H25NO2. The molecule has 3 heteroatoms. The fourth-order valence-corrected chi connectivity index (χ4v) is 1.75. The molecule has 0 radical (unpaired) electrons. The van der Waals surface area contributed by atoms with Crippen molar-refractivity contribution >= 4 is 12.0 Å². The zero-order valence-electron chi connectivity index (χ0n) is 12.9. The molecule has 0 aromatic heterocycles. The molecule has 0 bridgehead atoms. The van der Waals surface area contributed by atoms with Crippen LogP contribution in [0.2, 0.25) is 0 Å². The average molecular weight is 275 g/mol. The van der Waals surface area contributed by atoms with Crippen molar-refractivity contribution in [2.45, 2.75) is 32.6 Å². The molecular weight excluding hydrogens is 250 g/mol. The van der Waals surface area contributed by atoms with E-state index in [1.54, 1.807) is 13.2 Å². The second-order valence-corrected chi connectivity index (χ2v) is 5.84. The van der Waals surface area contributed by atoms with Crippen LogP contribution in [0.5, 0.6) is 0 Å². The summed E-state index contributed by atoms with van der Waals surface area (Å²) >= 11 is 0. The van der Waals surface area contributed by atoms with Gasteiger partial charge in [0.25, 0.3) is 0 Å². The molecule has 0 aliphatic carbocycles. The van der Waals surface area contributed by atoms with Crippen LogP contribution in [0.15, 0.2) is 30.3 Å². The molecule has 0 spiro atoms. The first-order valence-electron chi connectivity index (χ1n) is 6.99. The van der Waals surface area contributed by atoms with Gasteiger partial charge < -0.3 is 10.1 Å². The number of benzene rings is 1. The van der Waals surface area contributed by atoms with Gasteiger partial charge in [0.1, 0.15) is 0 Å². The molecule has 0 saturated heterocycles. The fraction of sp³-hybridized carbons (Fsp3) is 0.471. The van der Waals surface area contributed by atoms with Gasteiger partial charge >= 0.3 is 0 Å². The number of hydrogen-bond donors (Lipinski definition) is 1. The topological polar surface area (TPSA) is 38.3 Å². The van der Waals surface area contributed by atoms with Crippen LogP contribution < -0.4 is 5.32 Å². The summed E-state index contributed by atoms with van der Waals surface area (Å²) in [7, 11) is 1.66. The van der Waals surface area contributed by atoms with E-state index >= 15 is 0 Å². The molecule has 0 fully saturated rings. The second-order valence-electron chi connectivity index (χ2n) is 5.84. The lowest BCUT2D eigenvalue weighted by molar-refractivity contribution is -0.116. The number of nitrogens with one attached hydrogen (secondary N) is 1. The number of amides is 1. The van der Waals surface area contributed by atoms with Crippen molar-refractivity contribution in [3.8, 4) is 0 Å². The second kappa shape index (κ2) is 7.85. The molecule has 0 aliphatic rings. The van der Waals surface area contributed by atoms with E-state index in [1.165, 1.54) is 5.56 Å². The number of ether oxygens (including phenoxy) is 1. The van der Waals surface area contributed by atoms with Gasteiger partial charge in [0.15, 0.2) is 0 Å². The highest BCUT2D eigenvalue weighted by Crippen LogP contribution is 2.22. The van der Waals surface area contributed by atoms with Gasteiger partial charge in [-0.05, 0) is 29.0 Å². The first-order chi connectivity index (χ1) is 9.43. The van der Waals surface area contributed by atoms with Crippen LogP contribution in [0.1, 0.15) is 38.3 Å². The van der Waals surface area contributed by atoms with Crippen molar-refractivity contribution in [1.29, 1.82) is 0 Å². The number of carbonyl (C=O) groups excluding carboxylic acids is 1. The maximum atomic E-state index is 11.6. The van der Waals surface area contributed by atoms with Crippen molar-refractivity contribution in [2.75, 3.05) is 20.3 Å². The van der Waals surface area contributed by atoms with Gasteiger partial charge in [-0.3, -0.25) is 4.79 Å². The SMILES string of the molecule is COCCCNC(=O)C=Cc1ccc(C(C)(C)C)cc1. The number of rotatable bonds is 6. The minimum absolute atomic E-state index is 0.0685. The van der Waals surface area contributed by atoms with E-state index in [2.05, 4.69) is 38.2 Å². The summed E-state index contributed by atoms with van der Waals surface area (Å²) in [6, 6.07) is 8.29. The van der Waals surface area contributed by atoms with Crippen molar-refractivity contribution in [3.63, 3.8) is 0 Å². The van der Waals surface area contributed by atoms with Crippen LogP contribution in [0.3, 0.4) is 0 Å². The van der Waals surface area contributed by atoms with E-state index in [1.807, 2.05) is 18.2 Å². The van der Waals surface area contributed by atoms with Crippen molar-refractivity contribution in [3.05, 3.63) is 41.5 Å². The Morgan fingerprint density at radius 2 is 1.90 bits per heavy atom. The Morgan fingerprint density at radius 1 is 1.25 bits per heavy atom. The average Bonchev–Trinajstić information content (AvgIpc) is 2.41. The van der Waals surface area contributed by atoms with E-state index in [0.717, 1.165) is 12.0 Å². The van der Waals surface area contributed by atoms with Gasteiger partial charge in [-0.15, -0.1) is 0 Å². The molecule has 20 heavy (non-hydrogen) atoms. The zero-order valence-corrected chi connectivity index (χ0v) is 12.9. The Labute approximate surface area is 122 Å². The van der Waals surface area contributed by atoms with Gasteiger partial charge in [-0.1, -0.05) is 45.0 Å². The number of hydrogen-bond acceptors (Lipinski definition) is 2. The van der Waals surface area contributed by atoms with Gasteiger partial charge in [0.2, 0.25) is 5.91 Å². The highest BCUT2D eigenvalue weighted by molar-refractivity contribution is 5.91. The molecule has 0 atom stereocenters. The number of methoxy groups -OCH3 is 1. The van der Waals surface area contributed by atoms with Crippen LogP contribution in [0.25, 0.3) is 6.08 Å². The third-order valence-corrected chi connectivity index (χ3v) is 3.03. The zero-order chi connectivity index (χ0) is 15.0. The largest absolute Gasteiger partial charge is 0.385 e. The Morgan fingerprint density at radius 3 is 2.45 bits per heavy atom. The fourth-order valence-electron chi connectivity index (χ4n) is 1.75. The molecule has 1 rings (SSSR count). The van der Waals surface area contributed by atoms with Gasteiger partial charge in [0.05, 0.1) is 0 Å². The monoisotopic (exact) mass is 275 g/mol. The van der Waals surface area contributed by atoms with Crippen molar-refractivity contribution in [2.24, 2.45) is 0 Å². The normalized spacial score (nSPS) is 11.8. The molecule has 0 unspecified atom stereocenters. The summed E-state index contributed by atoms with van der Waals surface area (Å²) in [5.41, 5.74) is 2.48. The molecule has 1 N–H and O–H groups in total. The minimum Gasteiger partial charge on any atom is -0.385 e. The van der Waals surface area contributed by atoms with E-state index in [4.69, 9.17) is 4.74 Å². The molecule has 0 heterocycles. The smallest absolute Gasteiger partial charge is 0.244 e. The first-order valence-corrected chi connectivity index (χ1v) is 6.99. The summed E-state index contributed by atoms with van der Waals surface area (Å²) in [6.45, 7) is 7.86. The minimum atomic E-state index is -0.0685. The Balaban J connectivity index is 2.47. The lowest BCUT2D eigenvalue weighted by Gasteiger charge is -2.18. The third kappa shape index (κ3) is 6.02. The van der Waals surface area contributed by atoms with Crippen LogP contribution >= 0.6 is 0 Å². The first kappa shape index (κ1) is 16.4. The van der Waals surface area contributed by atoms with E-state index < -0.39 is 0 Å². The molecule has 3 nitrogen and oxygen atoms in total. The summed E-state index contributed by atoms with van der Waals surface area (Å²) in [5, 5.41) is 2.82. The Bertz CT molecular complexity index is 441. The van der Waals surface area contributed by atoms with Crippen molar-refractivity contribution < 1.29 is 9.53 Å². The van der Waals surface area contributed by atoms with Gasteiger partial charge in [-0.25, -0.2) is 0 Å². The molecule has 1 aromatic carbocycles. The van der Waals surface area contributed by atoms with Gasteiger partial charge in [0, 0.05) is 26.3 Å². The third-order valence-electron chi connectivity index (χ3n) is 3.03. The van der Waals surface area contributed by atoms with Gasteiger partial charge in [-0.2, -0.15) is 0 Å². The summed E-state index contributed by atoms with van der Waals surface area (Å²) < 4.78 is 4.92. The van der Waals surface area contributed by atoms with Crippen molar-refractivity contribution in [1.82, 2.24) is 5.32 Å². The number of carbonyl (C=O) groups is 1. The molecule has 1 amide bonds. The van der Waals surface area contributed by atoms with Crippen LogP contribution in [0, 0.1) is 0 Å². The lowest BCUT2D eigenvalue weighted by atomic mass is 9.87. The lowest BCUT2D eigenvalue weighted by Crippen LogP contribution is -2.22. The predicted molar refractivity (Wildman–Crippen MR) is 83.7 cm³/mol.